The van der Waals surface area contributed by atoms with E-state index < -0.39 is 11.7 Å². The van der Waals surface area contributed by atoms with E-state index in [1.165, 1.54) is 12.1 Å². The lowest BCUT2D eigenvalue weighted by molar-refractivity contribution is -0.137. The Morgan fingerprint density at radius 1 is 0.952 bits per heavy atom. The van der Waals surface area contributed by atoms with Crippen LogP contribution in [-0.2, 0) is 6.18 Å². The lowest BCUT2D eigenvalue weighted by Gasteiger charge is -2.06. The molecule has 21 heavy (non-hydrogen) atoms. The summed E-state index contributed by atoms with van der Waals surface area (Å²) in [6, 6.07) is 14.1. The van der Waals surface area contributed by atoms with Gasteiger partial charge in [-0.05, 0) is 35.9 Å². The Hall–Kier alpha value is -2.74. The molecule has 0 bridgehead atoms. The molecular formula is C16H9F3N2. The second kappa shape index (κ2) is 4.67. The van der Waals surface area contributed by atoms with Crippen molar-refractivity contribution in [1.82, 2.24) is 4.98 Å². The Bertz CT molecular complexity index is 837. The Balaban J connectivity index is 2.02. The molecule has 0 spiro atoms. The van der Waals surface area contributed by atoms with Crippen LogP contribution in [0.25, 0.3) is 22.2 Å². The third-order valence-electron chi connectivity index (χ3n) is 3.27. The van der Waals surface area contributed by atoms with Crippen molar-refractivity contribution >= 4 is 10.9 Å². The van der Waals surface area contributed by atoms with Crippen LogP contribution in [0.3, 0.4) is 0 Å². The first-order chi connectivity index (χ1) is 9.97. The number of hydrogen-bond donors (Lipinski definition) is 1. The maximum Gasteiger partial charge on any atom is 0.416 e. The molecule has 2 aromatic carbocycles. The molecule has 3 aromatic rings. The smallest absolute Gasteiger partial charge is 0.354 e. The summed E-state index contributed by atoms with van der Waals surface area (Å²) in [5.74, 6) is 0. The molecule has 1 aromatic heterocycles. The van der Waals surface area contributed by atoms with Gasteiger partial charge >= 0.3 is 6.18 Å². The van der Waals surface area contributed by atoms with E-state index in [2.05, 4.69) is 4.98 Å². The van der Waals surface area contributed by atoms with Gasteiger partial charge in [0.25, 0.3) is 0 Å². The quantitative estimate of drug-likeness (QED) is 0.690. The highest BCUT2D eigenvalue weighted by Crippen LogP contribution is 2.31. The number of fused-ring (bicyclic) bond motifs is 1. The Kier molecular flexibility index (Phi) is 2.95. The van der Waals surface area contributed by atoms with Gasteiger partial charge in [0.1, 0.15) is 0 Å². The zero-order valence-corrected chi connectivity index (χ0v) is 10.7. The molecule has 0 saturated heterocycles. The van der Waals surface area contributed by atoms with E-state index in [0.29, 0.717) is 16.8 Å². The van der Waals surface area contributed by atoms with Crippen molar-refractivity contribution in [1.29, 1.82) is 5.26 Å². The van der Waals surface area contributed by atoms with Crippen molar-refractivity contribution in [2.45, 2.75) is 6.18 Å². The predicted octanol–water partition coefficient (Wildman–Crippen LogP) is 4.73. The van der Waals surface area contributed by atoms with Crippen LogP contribution in [0.2, 0.25) is 0 Å². The number of alkyl halides is 3. The monoisotopic (exact) mass is 286 g/mol. The van der Waals surface area contributed by atoms with Gasteiger partial charge in [-0.15, -0.1) is 0 Å². The molecule has 0 aliphatic rings. The SMILES string of the molecule is N#Cc1ccc2cc(-c3ccc(C(F)(F)F)cc3)[nH]c2c1. The Morgan fingerprint density at radius 3 is 2.29 bits per heavy atom. The zero-order valence-electron chi connectivity index (χ0n) is 10.7. The van der Waals surface area contributed by atoms with Gasteiger partial charge in [0.2, 0.25) is 0 Å². The summed E-state index contributed by atoms with van der Waals surface area (Å²) in [4.78, 5) is 3.11. The van der Waals surface area contributed by atoms with Crippen LogP contribution in [0, 0.1) is 11.3 Å². The molecule has 0 radical (unpaired) electrons. The molecule has 0 fully saturated rings. The number of hydrogen-bond acceptors (Lipinski definition) is 1. The molecular weight excluding hydrogens is 277 g/mol. The fourth-order valence-electron chi connectivity index (χ4n) is 2.19. The molecule has 104 valence electrons. The van der Waals surface area contributed by atoms with Gasteiger partial charge in [-0.2, -0.15) is 18.4 Å². The number of nitrogens with one attached hydrogen (secondary N) is 1. The summed E-state index contributed by atoms with van der Waals surface area (Å²) in [5, 5.41) is 9.76. The van der Waals surface area contributed by atoms with Crippen molar-refractivity contribution < 1.29 is 13.2 Å². The Morgan fingerprint density at radius 2 is 1.67 bits per heavy atom. The van der Waals surface area contributed by atoms with Crippen LogP contribution >= 0.6 is 0 Å². The molecule has 0 unspecified atom stereocenters. The molecule has 1 N–H and O–H groups in total. The van der Waals surface area contributed by atoms with Crippen molar-refractivity contribution in [3.8, 4) is 17.3 Å². The van der Waals surface area contributed by atoms with E-state index in [9.17, 15) is 13.2 Å². The summed E-state index contributed by atoms with van der Waals surface area (Å²) in [5.41, 5.74) is 2.02. The molecule has 0 saturated carbocycles. The minimum absolute atomic E-state index is 0.531. The number of H-pyrrole nitrogens is 1. The predicted molar refractivity (Wildman–Crippen MR) is 73.5 cm³/mol. The Labute approximate surface area is 118 Å². The average molecular weight is 286 g/mol. The summed E-state index contributed by atoms with van der Waals surface area (Å²) in [6.45, 7) is 0. The normalized spacial score (nSPS) is 11.5. The van der Waals surface area contributed by atoms with E-state index in [4.69, 9.17) is 5.26 Å². The van der Waals surface area contributed by atoms with Crippen molar-refractivity contribution in [2.24, 2.45) is 0 Å². The van der Waals surface area contributed by atoms with Gasteiger partial charge in [0, 0.05) is 16.6 Å². The lowest BCUT2D eigenvalue weighted by Crippen LogP contribution is -2.03. The van der Waals surface area contributed by atoms with Gasteiger partial charge in [0.15, 0.2) is 0 Å². The second-order valence-corrected chi connectivity index (χ2v) is 4.67. The molecule has 0 amide bonds. The van der Waals surface area contributed by atoms with E-state index in [1.807, 2.05) is 12.1 Å². The number of nitriles is 1. The van der Waals surface area contributed by atoms with Crippen LogP contribution in [0.1, 0.15) is 11.1 Å². The summed E-state index contributed by atoms with van der Waals surface area (Å²) >= 11 is 0. The number of aromatic amines is 1. The summed E-state index contributed by atoms with van der Waals surface area (Å²) in [7, 11) is 0. The molecule has 3 rings (SSSR count). The van der Waals surface area contributed by atoms with E-state index in [1.54, 1.807) is 18.2 Å². The van der Waals surface area contributed by atoms with Gasteiger partial charge in [-0.1, -0.05) is 18.2 Å². The summed E-state index contributed by atoms with van der Waals surface area (Å²) in [6.07, 6.45) is -4.33. The van der Waals surface area contributed by atoms with Gasteiger partial charge < -0.3 is 4.98 Å². The second-order valence-electron chi connectivity index (χ2n) is 4.67. The van der Waals surface area contributed by atoms with Crippen molar-refractivity contribution in [3.63, 3.8) is 0 Å². The molecule has 0 aliphatic heterocycles. The van der Waals surface area contributed by atoms with Crippen LogP contribution in [0.4, 0.5) is 13.2 Å². The van der Waals surface area contributed by atoms with E-state index in [0.717, 1.165) is 23.0 Å². The van der Waals surface area contributed by atoms with E-state index >= 15 is 0 Å². The highest BCUT2D eigenvalue weighted by Gasteiger charge is 2.29. The van der Waals surface area contributed by atoms with Gasteiger partial charge in [-0.3, -0.25) is 0 Å². The number of aromatic nitrogens is 1. The van der Waals surface area contributed by atoms with Crippen LogP contribution in [0.15, 0.2) is 48.5 Å². The highest BCUT2D eigenvalue weighted by atomic mass is 19.4. The molecule has 0 atom stereocenters. The fraction of sp³-hybridized carbons (Fsp3) is 0.0625. The first-order valence-corrected chi connectivity index (χ1v) is 6.18. The van der Waals surface area contributed by atoms with Crippen LogP contribution in [0.5, 0.6) is 0 Å². The number of rotatable bonds is 1. The number of nitrogens with zero attached hydrogens (tertiary/aromatic N) is 1. The van der Waals surface area contributed by atoms with Crippen LogP contribution < -0.4 is 0 Å². The topological polar surface area (TPSA) is 39.6 Å². The average Bonchev–Trinajstić information content (AvgIpc) is 2.89. The van der Waals surface area contributed by atoms with E-state index in [-0.39, 0.29) is 0 Å². The molecule has 1 heterocycles. The molecule has 5 heteroatoms. The fourth-order valence-corrected chi connectivity index (χ4v) is 2.19. The third kappa shape index (κ3) is 2.48. The minimum Gasteiger partial charge on any atom is -0.354 e. The molecule has 2 nitrogen and oxygen atoms in total. The summed E-state index contributed by atoms with van der Waals surface area (Å²) < 4.78 is 37.6. The van der Waals surface area contributed by atoms with Gasteiger partial charge in [0.05, 0.1) is 17.2 Å². The highest BCUT2D eigenvalue weighted by molar-refractivity contribution is 5.86. The maximum absolute atomic E-state index is 12.5. The third-order valence-corrected chi connectivity index (χ3v) is 3.27. The van der Waals surface area contributed by atoms with Crippen molar-refractivity contribution in [3.05, 3.63) is 59.7 Å². The van der Waals surface area contributed by atoms with Crippen LogP contribution in [-0.4, -0.2) is 4.98 Å². The largest absolute Gasteiger partial charge is 0.416 e. The zero-order chi connectivity index (χ0) is 15.0. The minimum atomic E-state index is -4.33. The first kappa shape index (κ1) is 13.3. The molecule has 0 aliphatic carbocycles. The van der Waals surface area contributed by atoms with Crippen molar-refractivity contribution in [2.75, 3.05) is 0 Å². The maximum atomic E-state index is 12.5. The van der Waals surface area contributed by atoms with Gasteiger partial charge in [-0.25, -0.2) is 0 Å². The standard InChI is InChI=1S/C16H9F3N2/c17-16(18,19)13-5-3-11(4-6-13)15-8-12-2-1-10(9-20)7-14(12)21-15/h1-8,21H. The number of benzene rings is 2. The number of halogens is 3. The lowest BCUT2D eigenvalue weighted by atomic mass is 10.1. The first-order valence-electron chi connectivity index (χ1n) is 6.18.